The number of nitrogens with zero attached hydrogens (tertiary/aromatic N) is 4. The van der Waals surface area contributed by atoms with Crippen molar-refractivity contribution in [3.63, 3.8) is 0 Å². The molecule has 192 valence electrons. The van der Waals surface area contributed by atoms with Gasteiger partial charge in [-0.15, -0.1) is 0 Å². The van der Waals surface area contributed by atoms with E-state index in [0.717, 1.165) is 15.6 Å². The van der Waals surface area contributed by atoms with Crippen LogP contribution in [0.25, 0.3) is 10.9 Å². The highest BCUT2D eigenvalue weighted by Gasteiger charge is 2.20. The number of benzene rings is 3. The zero-order chi connectivity index (χ0) is 26.5. The van der Waals surface area contributed by atoms with E-state index in [1.807, 2.05) is 35.2 Å². The van der Waals surface area contributed by atoms with Gasteiger partial charge in [0.25, 0.3) is 5.69 Å². The molecule has 4 aromatic rings. The smallest absolute Gasteiger partial charge is 0.432 e. The van der Waals surface area contributed by atoms with Crippen molar-refractivity contribution in [1.29, 1.82) is 0 Å². The number of aliphatic hydroxyl groups excluding tert-OH is 1. The minimum atomic E-state index is -1.18. The van der Waals surface area contributed by atoms with Crippen molar-refractivity contribution in [2.45, 2.75) is 19.6 Å². The van der Waals surface area contributed by atoms with Gasteiger partial charge in [-0.3, -0.25) is 15.0 Å². The zero-order valence-electron chi connectivity index (χ0n) is 20.0. The number of fused-ring (bicyclic) bond motifs is 1. The maximum atomic E-state index is 11.5. The number of ether oxygens (including phenoxy) is 1. The summed E-state index contributed by atoms with van der Waals surface area (Å²) in [5.41, 5.74) is 2.19. The monoisotopic (exact) mass is 524 g/mol. The molecule has 11 heteroatoms. The number of aryl methyl sites for hydroxylation is 1. The van der Waals surface area contributed by atoms with Crippen LogP contribution in [0.5, 0.6) is 5.75 Å². The van der Waals surface area contributed by atoms with Gasteiger partial charge in [-0.1, -0.05) is 48.0 Å². The van der Waals surface area contributed by atoms with Gasteiger partial charge in [-0.2, -0.15) is 9.78 Å². The van der Waals surface area contributed by atoms with Gasteiger partial charge < -0.3 is 14.9 Å². The zero-order valence-corrected chi connectivity index (χ0v) is 20.7. The van der Waals surface area contributed by atoms with E-state index in [2.05, 4.69) is 5.10 Å². The number of aromatic nitrogens is 2. The highest BCUT2D eigenvalue weighted by atomic mass is 35.5. The topological polar surface area (TPSA) is 131 Å². The average molecular weight is 525 g/mol. The molecule has 0 aliphatic carbocycles. The lowest BCUT2D eigenvalue weighted by molar-refractivity contribution is -0.384. The van der Waals surface area contributed by atoms with E-state index in [9.17, 15) is 25.1 Å². The highest BCUT2D eigenvalue weighted by Crippen LogP contribution is 2.28. The van der Waals surface area contributed by atoms with Crippen LogP contribution >= 0.6 is 11.6 Å². The van der Waals surface area contributed by atoms with E-state index in [0.29, 0.717) is 35.6 Å². The Kier molecular flexibility index (Phi) is 8.02. The van der Waals surface area contributed by atoms with Gasteiger partial charge in [0, 0.05) is 37.2 Å². The van der Waals surface area contributed by atoms with E-state index in [1.165, 1.54) is 12.1 Å². The number of halogens is 1. The number of nitro groups is 1. The summed E-state index contributed by atoms with van der Waals surface area (Å²) in [5, 5.41) is 36.3. The predicted molar refractivity (Wildman–Crippen MR) is 138 cm³/mol. The summed E-state index contributed by atoms with van der Waals surface area (Å²) in [6.45, 7) is 3.13. The molecule has 1 unspecified atom stereocenters. The van der Waals surface area contributed by atoms with Gasteiger partial charge in [-0.05, 0) is 36.2 Å². The van der Waals surface area contributed by atoms with Crippen LogP contribution in [0.3, 0.4) is 0 Å². The first-order valence-electron chi connectivity index (χ1n) is 11.5. The number of hydrogen-bond donors (Lipinski definition) is 2. The first kappa shape index (κ1) is 26.1. The van der Waals surface area contributed by atoms with Crippen molar-refractivity contribution in [2.75, 3.05) is 19.7 Å². The highest BCUT2D eigenvalue weighted by molar-refractivity contribution is 6.32. The van der Waals surface area contributed by atoms with Crippen LogP contribution in [-0.2, 0) is 6.54 Å². The van der Waals surface area contributed by atoms with Gasteiger partial charge >= 0.3 is 6.09 Å². The maximum absolute atomic E-state index is 11.5. The second-order valence-electron chi connectivity index (χ2n) is 8.51. The summed E-state index contributed by atoms with van der Waals surface area (Å²) in [6.07, 6.45) is -2.18. The Hall–Kier alpha value is -3.99. The van der Waals surface area contributed by atoms with E-state index >= 15 is 0 Å². The molecule has 0 spiro atoms. The van der Waals surface area contributed by atoms with Crippen LogP contribution in [-0.4, -0.2) is 55.6 Å². The number of hydrogen-bond acceptors (Lipinski definition) is 7. The van der Waals surface area contributed by atoms with Crippen LogP contribution in [0, 0.1) is 17.0 Å². The van der Waals surface area contributed by atoms with E-state index in [4.69, 9.17) is 16.3 Å². The molecule has 0 radical (unpaired) electrons. The van der Waals surface area contributed by atoms with Gasteiger partial charge in [-0.25, -0.2) is 4.79 Å². The number of carboxylic acid groups (broad SMARTS) is 1. The molecule has 0 saturated carbocycles. The summed E-state index contributed by atoms with van der Waals surface area (Å²) in [7, 11) is 0. The standard InChI is InChI=1S/C26H25ClN4O6/c1-17-21-9-8-20(14-23(21)30(28-17)26(33)34)37-12-11-29(15-18-5-3-2-4-6-18)16-25(32)19-7-10-22(27)24(13-19)31(35)36/h2-10,13-14,25,32H,11-12,15-16H2,1H3,(H,33,34). The Bertz CT molecular complexity index is 1430. The first-order valence-corrected chi connectivity index (χ1v) is 11.8. The SMILES string of the molecule is Cc1nn(C(=O)O)c2cc(OCCN(Cc3ccccc3)CC(O)c3ccc(Cl)c([N+](=O)[O-])c3)ccc12. The van der Waals surface area contributed by atoms with Crippen LogP contribution in [0.4, 0.5) is 10.5 Å². The Balaban J connectivity index is 1.48. The maximum Gasteiger partial charge on any atom is 0.432 e. The quantitative estimate of drug-likeness (QED) is 0.218. The van der Waals surface area contributed by atoms with E-state index < -0.39 is 17.1 Å². The van der Waals surface area contributed by atoms with Gasteiger partial charge in [0.1, 0.15) is 17.4 Å². The molecule has 2 N–H and O–H groups in total. The molecule has 0 aliphatic rings. The van der Waals surface area contributed by atoms with E-state index in [-0.39, 0.29) is 23.9 Å². The van der Waals surface area contributed by atoms with Crippen molar-refractivity contribution in [1.82, 2.24) is 14.7 Å². The van der Waals surface area contributed by atoms with Gasteiger partial charge in [0.2, 0.25) is 0 Å². The number of nitro benzene ring substituents is 1. The summed E-state index contributed by atoms with van der Waals surface area (Å²) in [5.74, 6) is 0.489. The fourth-order valence-electron chi connectivity index (χ4n) is 4.08. The Labute approximate surface area is 217 Å². The molecule has 1 atom stereocenters. The molecule has 37 heavy (non-hydrogen) atoms. The molecule has 0 amide bonds. The van der Waals surface area contributed by atoms with Gasteiger partial charge in [0.15, 0.2) is 0 Å². The fourth-order valence-corrected chi connectivity index (χ4v) is 4.27. The van der Waals surface area contributed by atoms with E-state index in [1.54, 1.807) is 31.2 Å². The second kappa shape index (κ2) is 11.4. The fraction of sp³-hybridized carbons (Fsp3) is 0.231. The van der Waals surface area contributed by atoms with Gasteiger partial charge in [0.05, 0.1) is 22.2 Å². The van der Waals surface area contributed by atoms with Crippen molar-refractivity contribution < 1.29 is 24.7 Å². The summed E-state index contributed by atoms with van der Waals surface area (Å²) < 4.78 is 6.83. The predicted octanol–water partition coefficient (Wildman–Crippen LogP) is 5.05. The molecule has 0 aliphatic heterocycles. The molecule has 1 aromatic heterocycles. The number of rotatable bonds is 10. The lowest BCUT2D eigenvalue weighted by Crippen LogP contribution is -2.32. The number of carbonyl (C=O) groups is 1. The molecule has 0 fully saturated rings. The molecule has 0 saturated heterocycles. The van der Waals surface area contributed by atoms with Crippen LogP contribution < -0.4 is 4.74 Å². The normalized spacial score (nSPS) is 12.1. The minimum absolute atomic E-state index is 0.00638. The number of aliphatic hydroxyl groups is 1. The van der Waals surface area contributed by atoms with Crippen LogP contribution in [0.15, 0.2) is 66.7 Å². The Morgan fingerprint density at radius 1 is 1.19 bits per heavy atom. The molecular formula is C26H25ClN4O6. The Morgan fingerprint density at radius 2 is 1.95 bits per heavy atom. The molecule has 3 aromatic carbocycles. The van der Waals surface area contributed by atoms with Crippen LogP contribution in [0.1, 0.15) is 22.9 Å². The van der Waals surface area contributed by atoms with Crippen molar-refractivity contribution in [3.05, 3.63) is 98.7 Å². The molecular weight excluding hydrogens is 500 g/mol. The molecule has 1 heterocycles. The van der Waals surface area contributed by atoms with Crippen molar-refractivity contribution >= 4 is 34.3 Å². The summed E-state index contributed by atoms with van der Waals surface area (Å²) in [4.78, 5) is 24.1. The first-order chi connectivity index (χ1) is 17.7. The lowest BCUT2D eigenvalue weighted by Gasteiger charge is -2.25. The van der Waals surface area contributed by atoms with Crippen molar-refractivity contribution in [2.24, 2.45) is 0 Å². The average Bonchev–Trinajstić information content (AvgIpc) is 3.20. The molecule has 10 nitrogen and oxygen atoms in total. The second-order valence-corrected chi connectivity index (χ2v) is 8.92. The molecule has 4 rings (SSSR count). The van der Waals surface area contributed by atoms with Crippen molar-refractivity contribution in [3.8, 4) is 5.75 Å². The third-order valence-electron chi connectivity index (χ3n) is 5.93. The lowest BCUT2D eigenvalue weighted by atomic mass is 10.1. The van der Waals surface area contributed by atoms with Crippen LogP contribution in [0.2, 0.25) is 5.02 Å². The largest absolute Gasteiger partial charge is 0.492 e. The third kappa shape index (κ3) is 6.23. The Morgan fingerprint density at radius 3 is 2.65 bits per heavy atom. The minimum Gasteiger partial charge on any atom is -0.492 e. The third-order valence-corrected chi connectivity index (χ3v) is 6.25. The summed E-state index contributed by atoms with van der Waals surface area (Å²) in [6, 6.07) is 19.1. The molecule has 0 bridgehead atoms. The summed E-state index contributed by atoms with van der Waals surface area (Å²) >= 11 is 5.91.